The normalized spacial score (nSPS) is 9.43. The van der Waals surface area contributed by atoms with Crippen molar-refractivity contribution in [2.45, 2.75) is 13.0 Å². The number of carbonyl (C=O) groups is 1. The molecule has 1 N–H and O–H groups in total. The van der Waals surface area contributed by atoms with Crippen LogP contribution < -0.4 is 10.1 Å². The summed E-state index contributed by atoms with van der Waals surface area (Å²) in [5.74, 6) is 6.81. The van der Waals surface area contributed by atoms with E-state index in [1.807, 2.05) is 54.6 Å². The lowest BCUT2D eigenvalue weighted by molar-refractivity contribution is 0.140. The third kappa shape index (κ3) is 6.15. The van der Waals surface area contributed by atoms with Crippen molar-refractivity contribution in [3.8, 4) is 17.6 Å². The predicted molar refractivity (Wildman–Crippen MR) is 89.1 cm³/mol. The molecule has 1 amide bonds. The Bertz CT molecular complexity index is 687. The van der Waals surface area contributed by atoms with Gasteiger partial charge >= 0.3 is 6.09 Å². The Morgan fingerprint density at radius 3 is 2.74 bits per heavy atom. The van der Waals surface area contributed by atoms with Gasteiger partial charge in [-0.05, 0) is 23.8 Å². The maximum absolute atomic E-state index is 11.5. The molecule has 0 radical (unpaired) electrons. The first-order valence-electron chi connectivity index (χ1n) is 7.35. The highest BCUT2D eigenvalue weighted by Crippen LogP contribution is 2.11. The fourth-order valence-corrected chi connectivity index (χ4v) is 1.87. The van der Waals surface area contributed by atoms with Crippen LogP contribution in [0.2, 0.25) is 0 Å². The largest absolute Gasteiger partial charge is 0.497 e. The molecular weight excluding hydrogens is 290 g/mol. The van der Waals surface area contributed by atoms with Crippen molar-refractivity contribution in [1.82, 2.24) is 5.32 Å². The molecule has 2 aromatic carbocycles. The molecule has 0 aliphatic rings. The topological polar surface area (TPSA) is 47.6 Å². The molecule has 0 bridgehead atoms. The van der Waals surface area contributed by atoms with Crippen LogP contribution in [0.4, 0.5) is 4.79 Å². The quantitative estimate of drug-likeness (QED) is 0.680. The molecule has 0 aliphatic carbocycles. The molecule has 0 fully saturated rings. The van der Waals surface area contributed by atoms with Gasteiger partial charge in [-0.15, -0.1) is 0 Å². The molecule has 4 heteroatoms. The summed E-state index contributed by atoms with van der Waals surface area (Å²) in [4.78, 5) is 11.5. The maximum Gasteiger partial charge on any atom is 0.407 e. The second kappa shape index (κ2) is 9.16. The zero-order valence-electron chi connectivity index (χ0n) is 13.0. The van der Waals surface area contributed by atoms with Crippen molar-refractivity contribution in [2.75, 3.05) is 13.7 Å². The average Bonchev–Trinajstić information content (AvgIpc) is 2.61. The monoisotopic (exact) mass is 309 g/mol. The number of carbonyl (C=O) groups excluding carboxylic acids is 1. The molecule has 0 aromatic heterocycles. The van der Waals surface area contributed by atoms with Gasteiger partial charge in [0, 0.05) is 18.5 Å². The van der Waals surface area contributed by atoms with Gasteiger partial charge in [0.25, 0.3) is 0 Å². The first-order chi connectivity index (χ1) is 11.3. The van der Waals surface area contributed by atoms with E-state index in [4.69, 9.17) is 9.47 Å². The Labute approximate surface area is 136 Å². The third-order valence-electron chi connectivity index (χ3n) is 3.03. The number of alkyl carbamates (subject to hydrolysis) is 1. The van der Waals surface area contributed by atoms with Crippen molar-refractivity contribution < 1.29 is 14.3 Å². The van der Waals surface area contributed by atoms with E-state index in [0.717, 1.165) is 16.9 Å². The summed E-state index contributed by atoms with van der Waals surface area (Å²) in [5, 5.41) is 2.67. The van der Waals surface area contributed by atoms with Crippen LogP contribution in [-0.2, 0) is 11.3 Å². The van der Waals surface area contributed by atoms with E-state index >= 15 is 0 Å². The number of nitrogens with one attached hydrogen (secondary N) is 1. The van der Waals surface area contributed by atoms with E-state index in [2.05, 4.69) is 17.2 Å². The molecular formula is C19H19NO3. The number of amides is 1. The summed E-state index contributed by atoms with van der Waals surface area (Å²) in [6.45, 7) is 0.715. The SMILES string of the molecule is COc1cccc(C#CCCNC(=O)OCc2ccccc2)c1. The van der Waals surface area contributed by atoms with Crippen LogP contribution in [-0.4, -0.2) is 19.7 Å². The number of ether oxygens (including phenoxy) is 2. The zero-order valence-corrected chi connectivity index (χ0v) is 13.0. The Morgan fingerprint density at radius 2 is 1.96 bits per heavy atom. The molecule has 23 heavy (non-hydrogen) atoms. The van der Waals surface area contributed by atoms with E-state index in [-0.39, 0.29) is 6.61 Å². The number of benzene rings is 2. The van der Waals surface area contributed by atoms with E-state index in [1.165, 1.54) is 0 Å². The molecule has 2 aromatic rings. The minimum absolute atomic E-state index is 0.266. The summed E-state index contributed by atoms with van der Waals surface area (Å²) < 4.78 is 10.2. The van der Waals surface area contributed by atoms with E-state index in [9.17, 15) is 4.79 Å². The van der Waals surface area contributed by atoms with Crippen molar-refractivity contribution in [1.29, 1.82) is 0 Å². The summed E-state index contributed by atoms with van der Waals surface area (Å²) in [6.07, 6.45) is 0.120. The summed E-state index contributed by atoms with van der Waals surface area (Å²) in [7, 11) is 1.62. The van der Waals surface area contributed by atoms with Crippen LogP contribution in [0, 0.1) is 11.8 Å². The van der Waals surface area contributed by atoms with Gasteiger partial charge in [0.1, 0.15) is 12.4 Å². The maximum atomic E-state index is 11.5. The minimum Gasteiger partial charge on any atom is -0.497 e. The standard InChI is InChI=1S/C19H19NO3/c1-22-18-12-7-11-16(14-18)8-5-6-13-20-19(21)23-15-17-9-3-2-4-10-17/h2-4,7,9-12,14H,6,13,15H2,1H3,(H,20,21). The Kier molecular flexibility index (Phi) is 6.55. The number of rotatable bonds is 5. The lowest BCUT2D eigenvalue weighted by Crippen LogP contribution is -2.24. The summed E-state index contributed by atoms with van der Waals surface area (Å²) >= 11 is 0. The van der Waals surface area contributed by atoms with E-state index in [0.29, 0.717) is 13.0 Å². The first kappa shape index (κ1) is 16.4. The lowest BCUT2D eigenvalue weighted by Gasteiger charge is -2.05. The van der Waals surface area contributed by atoms with Gasteiger partial charge in [0.05, 0.1) is 7.11 Å². The van der Waals surface area contributed by atoms with Crippen molar-refractivity contribution >= 4 is 6.09 Å². The number of hydrogen-bond donors (Lipinski definition) is 1. The Hall–Kier alpha value is -2.93. The zero-order chi connectivity index (χ0) is 16.3. The highest BCUT2D eigenvalue weighted by atomic mass is 16.5. The molecule has 0 spiro atoms. The van der Waals surface area contributed by atoms with Crippen LogP contribution in [0.1, 0.15) is 17.5 Å². The fraction of sp³-hybridized carbons (Fsp3) is 0.211. The second-order valence-corrected chi connectivity index (χ2v) is 4.77. The van der Waals surface area contributed by atoms with Crippen LogP contribution in [0.5, 0.6) is 5.75 Å². The third-order valence-corrected chi connectivity index (χ3v) is 3.03. The van der Waals surface area contributed by atoms with Gasteiger partial charge in [-0.2, -0.15) is 0 Å². The molecule has 118 valence electrons. The smallest absolute Gasteiger partial charge is 0.407 e. The minimum atomic E-state index is -0.433. The van der Waals surface area contributed by atoms with Gasteiger partial charge in [-0.3, -0.25) is 0 Å². The predicted octanol–water partition coefficient (Wildman–Crippen LogP) is 3.36. The van der Waals surface area contributed by atoms with Gasteiger partial charge in [0.15, 0.2) is 0 Å². The molecule has 4 nitrogen and oxygen atoms in total. The number of methoxy groups -OCH3 is 1. The molecule has 0 saturated heterocycles. The van der Waals surface area contributed by atoms with Crippen LogP contribution in [0.3, 0.4) is 0 Å². The van der Waals surface area contributed by atoms with Gasteiger partial charge < -0.3 is 14.8 Å². The summed E-state index contributed by atoms with van der Waals surface area (Å²) in [5.41, 5.74) is 1.84. The lowest BCUT2D eigenvalue weighted by atomic mass is 10.2. The van der Waals surface area contributed by atoms with Crippen LogP contribution >= 0.6 is 0 Å². The average molecular weight is 309 g/mol. The van der Waals surface area contributed by atoms with Crippen molar-refractivity contribution in [3.63, 3.8) is 0 Å². The Balaban J connectivity index is 1.67. The molecule has 0 saturated carbocycles. The Morgan fingerprint density at radius 1 is 1.13 bits per heavy atom. The summed E-state index contributed by atoms with van der Waals surface area (Å²) in [6, 6.07) is 17.1. The fourth-order valence-electron chi connectivity index (χ4n) is 1.87. The van der Waals surface area contributed by atoms with Gasteiger partial charge in [0.2, 0.25) is 0 Å². The van der Waals surface area contributed by atoms with Crippen molar-refractivity contribution in [2.24, 2.45) is 0 Å². The van der Waals surface area contributed by atoms with E-state index in [1.54, 1.807) is 7.11 Å². The van der Waals surface area contributed by atoms with Crippen LogP contribution in [0.25, 0.3) is 0 Å². The van der Waals surface area contributed by atoms with Crippen LogP contribution in [0.15, 0.2) is 54.6 Å². The molecule has 0 unspecified atom stereocenters. The highest BCUT2D eigenvalue weighted by molar-refractivity contribution is 5.67. The van der Waals surface area contributed by atoms with Gasteiger partial charge in [-0.1, -0.05) is 48.2 Å². The molecule has 0 aliphatic heterocycles. The molecule has 0 atom stereocenters. The van der Waals surface area contributed by atoms with Gasteiger partial charge in [-0.25, -0.2) is 4.79 Å². The molecule has 2 rings (SSSR count). The van der Waals surface area contributed by atoms with Crippen molar-refractivity contribution in [3.05, 3.63) is 65.7 Å². The molecule has 0 heterocycles. The first-order valence-corrected chi connectivity index (χ1v) is 7.35. The second-order valence-electron chi connectivity index (χ2n) is 4.77. The highest BCUT2D eigenvalue weighted by Gasteiger charge is 2.00. The van der Waals surface area contributed by atoms with E-state index < -0.39 is 6.09 Å². The number of hydrogen-bond acceptors (Lipinski definition) is 3.